The third kappa shape index (κ3) is 3.21. The molecule has 88 valence electrons. The van der Waals surface area contributed by atoms with E-state index in [1.54, 1.807) is 6.07 Å². The lowest BCUT2D eigenvalue weighted by Crippen LogP contribution is -2.47. The summed E-state index contributed by atoms with van der Waals surface area (Å²) in [4.78, 5) is 24.3. The van der Waals surface area contributed by atoms with E-state index in [9.17, 15) is 9.59 Å². The SMILES string of the molecule is N#CCNC(=O)C(=O)N1CCCC(CO)C1. The molecule has 1 atom stereocenters. The molecule has 2 N–H and O–H groups in total. The highest BCUT2D eigenvalue weighted by Crippen LogP contribution is 2.15. The van der Waals surface area contributed by atoms with Gasteiger partial charge >= 0.3 is 11.8 Å². The maximum atomic E-state index is 11.6. The number of carbonyl (C=O) groups is 2. The van der Waals surface area contributed by atoms with Crippen molar-refractivity contribution in [1.82, 2.24) is 10.2 Å². The van der Waals surface area contributed by atoms with Crippen LogP contribution in [0.4, 0.5) is 0 Å². The van der Waals surface area contributed by atoms with Gasteiger partial charge in [0.2, 0.25) is 0 Å². The minimum Gasteiger partial charge on any atom is -0.396 e. The van der Waals surface area contributed by atoms with E-state index in [0.717, 1.165) is 12.8 Å². The topological polar surface area (TPSA) is 93.4 Å². The Labute approximate surface area is 93.8 Å². The number of rotatable bonds is 2. The number of amides is 2. The Bertz CT molecular complexity index is 311. The summed E-state index contributed by atoms with van der Waals surface area (Å²) in [5.41, 5.74) is 0. The zero-order chi connectivity index (χ0) is 12.0. The molecule has 6 nitrogen and oxygen atoms in total. The number of nitriles is 1. The molecule has 16 heavy (non-hydrogen) atoms. The molecule has 0 radical (unpaired) electrons. The Morgan fingerprint density at radius 2 is 2.31 bits per heavy atom. The van der Waals surface area contributed by atoms with Gasteiger partial charge in [-0.3, -0.25) is 9.59 Å². The van der Waals surface area contributed by atoms with Crippen LogP contribution in [-0.4, -0.2) is 48.1 Å². The normalized spacial score (nSPS) is 20.0. The Hall–Kier alpha value is -1.61. The summed E-state index contributed by atoms with van der Waals surface area (Å²) in [5, 5.41) is 19.5. The van der Waals surface area contributed by atoms with Gasteiger partial charge in [0.1, 0.15) is 6.54 Å². The van der Waals surface area contributed by atoms with Crippen molar-refractivity contribution in [2.45, 2.75) is 12.8 Å². The number of hydrogen-bond donors (Lipinski definition) is 2. The van der Waals surface area contributed by atoms with E-state index in [1.165, 1.54) is 4.90 Å². The van der Waals surface area contributed by atoms with Gasteiger partial charge in [-0.05, 0) is 18.8 Å². The lowest BCUT2D eigenvalue weighted by atomic mass is 9.99. The summed E-state index contributed by atoms with van der Waals surface area (Å²) >= 11 is 0. The van der Waals surface area contributed by atoms with Crippen LogP contribution in [0.2, 0.25) is 0 Å². The van der Waals surface area contributed by atoms with Crippen LogP contribution in [0.25, 0.3) is 0 Å². The minimum absolute atomic E-state index is 0.0313. The Balaban J connectivity index is 2.47. The Morgan fingerprint density at radius 1 is 1.56 bits per heavy atom. The fraction of sp³-hybridized carbons (Fsp3) is 0.700. The highest BCUT2D eigenvalue weighted by Gasteiger charge is 2.27. The van der Waals surface area contributed by atoms with Gasteiger partial charge in [0.25, 0.3) is 0 Å². The van der Waals surface area contributed by atoms with Crippen molar-refractivity contribution in [1.29, 1.82) is 5.26 Å². The average molecular weight is 225 g/mol. The lowest BCUT2D eigenvalue weighted by Gasteiger charge is -2.31. The number of aliphatic hydroxyl groups excluding tert-OH is 1. The third-order valence-electron chi connectivity index (χ3n) is 2.59. The van der Waals surface area contributed by atoms with Crippen LogP contribution in [0, 0.1) is 17.2 Å². The Morgan fingerprint density at radius 3 is 2.94 bits per heavy atom. The second-order valence-electron chi connectivity index (χ2n) is 3.78. The largest absolute Gasteiger partial charge is 0.396 e. The smallest absolute Gasteiger partial charge is 0.311 e. The van der Waals surface area contributed by atoms with Crippen LogP contribution >= 0.6 is 0 Å². The van der Waals surface area contributed by atoms with Gasteiger partial charge < -0.3 is 15.3 Å². The first-order valence-electron chi connectivity index (χ1n) is 5.24. The van der Waals surface area contributed by atoms with Crippen LogP contribution < -0.4 is 5.32 Å². The van der Waals surface area contributed by atoms with Crippen LogP contribution in [-0.2, 0) is 9.59 Å². The number of likely N-dealkylation sites (tertiary alicyclic amines) is 1. The quantitative estimate of drug-likeness (QED) is 0.458. The van der Waals surface area contributed by atoms with Gasteiger partial charge in [0, 0.05) is 19.7 Å². The molecule has 1 fully saturated rings. The summed E-state index contributed by atoms with van der Waals surface area (Å²) in [7, 11) is 0. The summed E-state index contributed by atoms with van der Waals surface area (Å²) in [6.45, 7) is 0.816. The molecule has 1 heterocycles. The molecule has 1 aliphatic heterocycles. The summed E-state index contributed by atoms with van der Waals surface area (Å²) in [6, 6.07) is 1.73. The van der Waals surface area contributed by atoms with Crippen molar-refractivity contribution in [2.75, 3.05) is 26.2 Å². The molecule has 1 aliphatic rings. The first-order valence-corrected chi connectivity index (χ1v) is 5.24. The minimum atomic E-state index is -0.750. The van der Waals surface area contributed by atoms with E-state index in [-0.39, 0.29) is 19.1 Å². The summed E-state index contributed by atoms with van der Waals surface area (Å²) in [6.07, 6.45) is 1.67. The number of hydrogen-bond acceptors (Lipinski definition) is 4. The highest BCUT2D eigenvalue weighted by molar-refractivity contribution is 6.35. The number of piperidine rings is 1. The van der Waals surface area contributed by atoms with Gasteiger partial charge in [-0.1, -0.05) is 0 Å². The predicted molar refractivity (Wildman–Crippen MR) is 55.0 cm³/mol. The third-order valence-corrected chi connectivity index (χ3v) is 2.59. The maximum absolute atomic E-state index is 11.6. The van der Waals surface area contributed by atoms with Crippen molar-refractivity contribution >= 4 is 11.8 Å². The molecular weight excluding hydrogens is 210 g/mol. The van der Waals surface area contributed by atoms with E-state index in [1.807, 2.05) is 0 Å². The molecule has 0 aromatic rings. The summed E-state index contributed by atoms with van der Waals surface area (Å²) in [5.74, 6) is -1.31. The molecule has 0 aliphatic carbocycles. The van der Waals surface area contributed by atoms with Gasteiger partial charge in [0.05, 0.1) is 6.07 Å². The van der Waals surface area contributed by atoms with Gasteiger partial charge in [0.15, 0.2) is 0 Å². The molecule has 2 amide bonds. The van der Waals surface area contributed by atoms with Crippen molar-refractivity contribution in [3.05, 3.63) is 0 Å². The van der Waals surface area contributed by atoms with Gasteiger partial charge in [-0.15, -0.1) is 0 Å². The van der Waals surface area contributed by atoms with E-state index >= 15 is 0 Å². The maximum Gasteiger partial charge on any atom is 0.311 e. The van der Waals surface area contributed by atoms with Crippen LogP contribution in [0.15, 0.2) is 0 Å². The van der Waals surface area contributed by atoms with Crippen LogP contribution in [0.3, 0.4) is 0 Å². The van der Waals surface area contributed by atoms with Crippen molar-refractivity contribution < 1.29 is 14.7 Å². The van der Waals surface area contributed by atoms with Crippen molar-refractivity contribution in [3.63, 3.8) is 0 Å². The molecule has 0 saturated carbocycles. The zero-order valence-corrected chi connectivity index (χ0v) is 8.98. The first kappa shape index (κ1) is 12.5. The average Bonchev–Trinajstić information content (AvgIpc) is 2.35. The first-order chi connectivity index (χ1) is 7.69. The molecule has 1 saturated heterocycles. The van der Waals surface area contributed by atoms with E-state index < -0.39 is 11.8 Å². The predicted octanol–water partition coefficient (Wildman–Crippen LogP) is -1.14. The lowest BCUT2D eigenvalue weighted by molar-refractivity contribution is -0.147. The van der Waals surface area contributed by atoms with E-state index in [4.69, 9.17) is 10.4 Å². The van der Waals surface area contributed by atoms with Crippen LogP contribution in [0.1, 0.15) is 12.8 Å². The second kappa shape index (κ2) is 6.08. The Kier molecular flexibility index (Phi) is 4.73. The van der Waals surface area contributed by atoms with E-state index in [0.29, 0.717) is 13.1 Å². The summed E-state index contributed by atoms with van der Waals surface area (Å²) < 4.78 is 0. The number of aliphatic hydroxyl groups is 1. The standard InChI is InChI=1S/C10H15N3O3/c11-3-4-12-9(15)10(16)13-5-1-2-8(6-13)7-14/h8,14H,1-2,4-7H2,(H,12,15). The van der Waals surface area contributed by atoms with Crippen molar-refractivity contribution in [3.8, 4) is 6.07 Å². The number of carbonyl (C=O) groups excluding carboxylic acids is 2. The molecule has 1 unspecified atom stereocenters. The molecule has 1 rings (SSSR count). The van der Waals surface area contributed by atoms with Gasteiger partial charge in [-0.2, -0.15) is 5.26 Å². The highest BCUT2D eigenvalue weighted by atomic mass is 16.3. The number of nitrogens with one attached hydrogen (secondary N) is 1. The molecular formula is C10H15N3O3. The van der Waals surface area contributed by atoms with E-state index in [2.05, 4.69) is 5.32 Å². The number of nitrogens with zero attached hydrogens (tertiary/aromatic N) is 2. The molecule has 6 heteroatoms. The monoisotopic (exact) mass is 225 g/mol. The zero-order valence-electron chi connectivity index (χ0n) is 8.98. The van der Waals surface area contributed by atoms with Crippen molar-refractivity contribution in [2.24, 2.45) is 5.92 Å². The van der Waals surface area contributed by atoms with Gasteiger partial charge in [-0.25, -0.2) is 0 Å². The second-order valence-corrected chi connectivity index (χ2v) is 3.78. The molecule has 0 bridgehead atoms. The molecule has 0 aromatic carbocycles. The molecule has 0 spiro atoms. The fourth-order valence-electron chi connectivity index (χ4n) is 1.74. The molecule has 0 aromatic heterocycles. The van der Waals surface area contributed by atoms with Crippen LogP contribution in [0.5, 0.6) is 0 Å². The fourth-order valence-corrected chi connectivity index (χ4v) is 1.74.